The maximum Gasteiger partial charge on any atom is 0.187 e. The molecule has 9 heteroatoms. The van der Waals surface area contributed by atoms with Crippen LogP contribution in [0.25, 0.3) is 0 Å². The van der Waals surface area contributed by atoms with E-state index in [1.807, 2.05) is 0 Å². The lowest BCUT2D eigenvalue weighted by Gasteiger charge is -2.54. The molecule has 1 saturated heterocycles. The number of hydrogen-bond donors (Lipinski definition) is 7. The number of hydrogen-bond acceptors (Lipinski definition) is 9. The van der Waals surface area contributed by atoms with Crippen LogP contribution in [0.5, 0.6) is 0 Å². The SMILES string of the molecule is C[C@@H]1[C@@H](O[C@@H]2O[C@H](CO)[C@@H](O)[C@H](O)[C@H]2O)[C@H](O)CC(C)(C)[C@@]1(O)C=C[C@@H](C)O. The largest absolute Gasteiger partial charge is 0.394 e. The van der Waals surface area contributed by atoms with E-state index < -0.39 is 72.6 Å². The summed E-state index contributed by atoms with van der Waals surface area (Å²) in [7, 11) is 0. The van der Waals surface area contributed by atoms with Crippen molar-refractivity contribution in [1.29, 1.82) is 0 Å². The van der Waals surface area contributed by atoms with E-state index in [-0.39, 0.29) is 6.42 Å². The standard InChI is InChI=1S/C19H34O9/c1-9(21)5-6-19(26)10(2)16(11(22)7-18(19,3)4)28-17-15(25)14(24)13(23)12(8-20)27-17/h5-6,9-17,20-26H,7-8H2,1-4H3/t9-,10-,11-,12-,13-,14+,15-,16-,17+,19-/m1/s1. The summed E-state index contributed by atoms with van der Waals surface area (Å²) in [5.74, 6) is -0.673. The molecule has 0 aromatic rings. The normalized spacial score (nSPS) is 48.0. The van der Waals surface area contributed by atoms with Crippen molar-refractivity contribution in [2.45, 2.75) is 88.7 Å². The molecule has 0 bridgehead atoms. The highest BCUT2D eigenvalue weighted by molar-refractivity contribution is 5.17. The molecule has 164 valence electrons. The van der Waals surface area contributed by atoms with Crippen LogP contribution >= 0.6 is 0 Å². The maximum atomic E-state index is 11.4. The third kappa shape index (κ3) is 4.28. The molecule has 1 heterocycles. The minimum absolute atomic E-state index is 0.167. The summed E-state index contributed by atoms with van der Waals surface area (Å²) in [6.07, 6.45) is -6.89. The van der Waals surface area contributed by atoms with Crippen molar-refractivity contribution in [1.82, 2.24) is 0 Å². The Balaban J connectivity index is 2.27. The Labute approximate surface area is 164 Å². The molecule has 0 amide bonds. The van der Waals surface area contributed by atoms with Crippen molar-refractivity contribution in [2.75, 3.05) is 6.61 Å². The molecule has 0 radical (unpaired) electrons. The van der Waals surface area contributed by atoms with Crippen LogP contribution < -0.4 is 0 Å². The highest BCUT2D eigenvalue weighted by Gasteiger charge is 2.57. The van der Waals surface area contributed by atoms with Gasteiger partial charge in [0.15, 0.2) is 6.29 Å². The van der Waals surface area contributed by atoms with Crippen LogP contribution in [-0.2, 0) is 9.47 Å². The van der Waals surface area contributed by atoms with Crippen molar-refractivity contribution in [3.05, 3.63) is 12.2 Å². The Morgan fingerprint density at radius 2 is 1.75 bits per heavy atom. The highest BCUT2D eigenvalue weighted by Crippen LogP contribution is 2.49. The molecular formula is C19H34O9. The molecule has 10 atom stereocenters. The fourth-order valence-electron chi connectivity index (χ4n) is 4.21. The van der Waals surface area contributed by atoms with Crippen molar-refractivity contribution < 1.29 is 45.2 Å². The summed E-state index contributed by atoms with van der Waals surface area (Å²) in [5.41, 5.74) is -2.19. The van der Waals surface area contributed by atoms with Crippen LogP contribution in [0.15, 0.2) is 12.2 Å². The topological polar surface area (TPSA) is 160 Å². The van der Waals surface area contributed by atoms with Crippen LogP contribution in [-0.4, -0.2) is 97.0 Å². The van der Waals surface area contributed by atoms with Crippen LogP contribution in [0.2, 0.25) is 0 Å². The third-order valence-corrected chi connectivity index (χ3v) is 6.14. The predicted octanol–water partition coefficient (Wildman–Crippen LogP) is -1.73. The summed E-state index contributed by atoms with van der Waals surface area (Å²) < 4.78 is 11.1. The van der Waals surface area contributed by atoms with Gasteiger partial charge in [-0.15, -0.1) is 0 Å². The number of ether oxygens (including phenoxy) is 2. The first-order chi connectivity index (χ1) is 12.9. The Morgan fingerprint density at radius 1 is 1.14 bits per heavy atom. The van der Waals surface area contributed by atoms with E-state index >= 15 is 0 Å². The third-order valence-electron chi connectivity index (χ3n) is 6.14. The van der Waals surface area contributed by atoms with Gasteiger partial charge in [0, 0.05) is 11.3 Å². The summed E-state index contributed by atoms with van der Waals surface area (Å²) in [5, 5.41) is 70.9. The second-order valence-electron chi connectivity index (χ2n) is 8.67. The highest BCUT2D eigenvalue weighted by atomic mass is 16.7. The molecular weight excluding hydrogens is 372 g/mol. The van der Waals surface area contributed by atoms with Gasteiger partial charge in [-0.1, -0.05) is 32.9 Å². The van der Waals surface area contributed by atoms with Gasteiger partial charge in [0.05, 0.1) is 30.5 Å². The summed E-state index contributed by atoms with van der Waals surface area (Å²) in [6.45, 7) is 6.22. The van der Waals surface area contributed by atoms with Gasteiger partial charge in [0.25, 0.3) is 0 Å². The zero-order chi connectivity index (χ0) is 21.4. The Bertz CT molecular complexity index is 550. The number of aliphatic hydroxyl groups is 7. The van der Waals surface area contributed by atoms with Gasteiger partial charge >= 0.3 is 0 Å². The summed E-state index contributed by atoms with van der Waals surface area (Å²) >= 11 is 0. The summed E-state index contributed by atoms with van der Waals surface area (Å²) in [6, 6.07) is 0. The Morgan fingerprint density at radius 3 is 2.29 bits per heavy atom. The van der Waals surface area contributed by atoms with Crippen molar-refractivity contribution in [3.63, 3.8) is 0 Å². The minimum Gasteiger partial charge on any atom is -0.394 e. The van der Waals surface area contributed by atoms with E-state index in [2.05, 4.69) is 0 Å². The van der Waals surface area contributed by atoms with Gasteiger partial charge in [0.1, 0.15) is 24.4 Å². The molecule has 2 fully saturated rings. The molecule has 0 aromatic heterocycles. The van der Waals surface area contributed by atoms with Gasteiger partial charge in [-0.2, -0.15) is 0 Å². The number of aliphatic hydroxyl groups excluding tert-OH is 6. The Kier molecular flexibility index (Phi) is 7.29. The van der Waals surface area contributed by atoms with E-state index in [4.69, 9.17) is 9.47 Å². The zero-order valence-electron chi connectivity index (χ0n) is 16.7. The first-order valence-corrected chi connectivity index (χ1v) is 9.59. The molecule has 0 aromatic carbocycles. The van der Waals surface area contributed by atoms with Crippen LogP contribution in [0.3, 0.4) is 0 Å². The van der Waals surface area contributed by atoms with Crippen molar-refractivity contribution in [2.24, 2.45) is 11.3 Å². The lowest BCUT2D eigenvalue weighted by atomic mass is 9.58. The fraction of sp³-hybridized carbons (Fsp3) is 0.895. The van der Waals surface area contributed by atoms with Crippen LogP contribution in [0.4, 0.5) is 0 Å². The van der Waals surface area contributed by atoms with Gasteiger partial charge in [-0.25, -0.2) is 0 Å². The molecule has 2 rings (SSSR count). The monoisotopic (exact) mass is 406 g/mol. The van der Waals surface area contributed by atoms with Crippen molar-refractivity contribution in [3.8, 4) is 0 Å². The molecule has 28 heavy (non-hydrogen) atoms. The van der Waals surface area contributed by atoms with E-state index in [0.717, 1.165) is 0 Å². The average Bonchev–Trinajstić information content (AvgIpc) is 2.61. The molecule has 7 N–H and O–H groups in total. The molecule has 0 unspecified atom stereocenters. The Hall–Kier alpha value is -0.620. The van der Waals surface area contributed by atoms with Crippen molar-refractivity contribution >= 4 is 0 Å². The molecule has 9 nitrogen and oxygen atoms in total. The molecule has 1 aliphatic heterocycles. The lowest BCUT2D eigenvalue weighted by molar-refractivity contribution is -0.332. The molecule has 0 spiro atoms. The smallest absolute Gasteiger partial charge is 0.187 e. The van der Waals surface area contributed by atoms with Gasteiger partial charge < -0.3 is 45.2 Å². The van der Waals surface area contributed by atoms with E-state index in [0.29, 0.717) is 0 Å². The van der Waals surface area contributed by atoms with E-state index in [1.165, 1.54) is 12.2 Å². The van der Waals surface area contributed by atoms with Crippen LogP contribution in [0.1, 0.15) is 34.1 Å². The fourth-order valence-corrected chi connectivity index (χ4v) is 4.21. The van der Waals surface area contributed by atoms with E-state index in [9.17, 15) is 35.7 Å². The maximum absolute atomic E-state index is 11.4. The van der Waals surface area contributed by atoms with Gasteiger partial charge in [-0.05, 0) is 13.3 Å². The van der Waals surface area contributed by atoms with E-state index in [1.54, 1.807) is 27.7 Å². The van der Waals surface area contributed by atoms with Gasteiger partial charge in [0.2, 0.25) is 0 Å². The first-order valence-electron chi connectivity index (χ1n) is 9.59. The molecule has 1 saturated carbocycles. The van der Waals surface area contributed by atoms with Gasteiger partial charge in [-0.3, -0.25) is 0 Å². The molecule has 1 aliphatic carbocycles. The van der Waals surface area contributed by atoms with Crippen LogP contribution in [0, 0.1) is 11.3 Å². The quantitative estimate of drug-likeness (QED) is 0.263. The first kappa shape index (κ1) is 23.7. The summed E-state index contributed by atoms with van der Waals surface area (Å²) in [4.78, 5) is 0. The predicted molar refractivity (Wildman–Crippen MR) is 98.0 cm³/mol. The minimum atomic E-state index is -1.60. The molecule has 2 aliphatic rings. The second kappa shape index (κ2) is 8.63. The lowest BCUT2D eigenvalue weighted by Crippen LogP contribution is -2.64. The zero-order valence-corrected chi connectivity index (χ0v) is 16.7. The second-order valence-corrected chi connectivity index (χ2v) is 8.67. The average molecular weight is 406 g/mol. The number of rotatable bonds is 5.